The number of imidazole rings is 1. The molecule has 3 heteroatoms. The van der Waals surface area contributed by atoms with Gasteiger partial charge in [0, 0.05) is 6.61 Å². The second kappa shape index (κ2) is 3.35. The van der Waals surface area contributed by atoms with Gasteiger partial charge in [-0.3, -0.25) is 0 Å². The minimum absolute atomic E-state index is 0.733. The molecular weight excluding hydrogens is 188 g/mol. The summed E-state index contributed by atoms with van der Waals surface area (Å²) in [4.78, 5) is 7.83. The van der Waals surface area contributed by atoms with Gasteiger partial charge in [0.2, 0.25) is 0 Å². The number of nitrogens with one attached hydrogen (secondary N) is 1. The number of fused-ring (bicyclic) bond motifs is 3. The van der Waals surface area contributed by atoms with Crippen molar-refractivity contribution in [1.82, 2.24) is 9.97 Å². The zero-order chi connectivity index (χ0) is 10.3. The third-order valence-electron chi connectivity index (χ3n) is 2.95. The first-order valence-corrected chi connectivity index (χ1v) is 5.39. The molecule has 2 heterocycles. The first-order chi connectivity index (χ1) is 7.34. The number of aromatic amines is 1. The van der Waals surface area contributed by atoms with Gasteiger partial charge in [-0.1, -0.05) is 6.07 Å². The Hall–Kier alpha value is -1.35. The van der Waals surface area contributed by atoms with Crippen LogP contribution in [0.3, 0.4) is 0 Å². The summed E-state index contributed by atoms with van der Waals surface area (Å²) in [6.07, 6.45) is 2.18. The molecule has 1 aromatic carbocycles. The van der Waals surface area contributed by atoms with E-state index in [9.17, 15) is 0 Å². The number of ether oxygens (including phenoxy) is 1. The lowest BCUT2D eigenvalue weighted by Gasteiger charge is -2.04. The first kappa shape index (κ1) is 8.92. The molecule has 0 saturated heterocycles. The Morgan fingerprint density at radius 1 is 1.40 bits per heavy atom. The van der Waals surface area contributed by atoms with E-state index in [0.717, 1.165) is 42.9 Å². The van der Waals surface area contributed by atoms with E-state index in [1.54, 1.807) is 0 Å². The quantitative estimate of drug-likeness (QED) is 0.712. The van der Waals surface area contributed by atoms with E-state index in [4.69, 9.17) is 4.74 Å². The van der Waals surface area contributed by atoms with Gasteiger partial charge in [-0.25, -0.2) is 4.98 Å². The molecular formula is C12H14N2O. The number of aromatic nitrogens is 2. The van der Waals surface area contributed by atoms with Gasteiger partial charge in [0.25, 0.3) is 0 Å². The lowest BCUT2D eigenvalue weighted by atomic mass is 10.0. The van der Waals surface area contributed by atoms with Crippen LogP contribution in [0, 0.1) is 6.92 Å². The Balaban J connectivity index is 2.26. The van der Waals surface area contributed by atoms with Crippen LogP contribution in [0.1, 0.15) is 23.4 Å². The fourth-order valence-corrected chi connectivity index (χ4v) is 2.24. The highest BCUT2D eigenvalue weighted by Gasteiger charge is 2.13. The Morgan fingerprint density at radius 2 is 2.33 bits per heavy atom. The lowest BCUT2D eigenvalue weighted by molar-refractivity contribution is 0.125. The lowest BCUT2D eigenvalue weighted by Crippen LogP contribution is -1.92. The van der Waals surface area contributed by atoms with E-state index in [2.05, 4.69) is 22.1 Å². The van der Waals surface area contributed by atoms with Gasteiger partial charge in [0.1, 0.15) is 5.82 Å². The van der Waals surface area contributed by atoms with Crippen LogP contribution in [0.4, 0.5) is 0 Å². The summed E-state index contributed by atoms with van der Waals surface area (Å²) >= 11 is 0. The normalized spacial score (nSPS) is 16.3. The topological polar surface area (TPSA) is 37.9 Å². The van der Waals surface area contributed by atoms with Crippen molar-refractivity contribution in [2.45, 2.75) is 26.4 Å². The predicted molar refractivity (Wildman–Crippen MR) is 58.8 cm³/mol. The number of hydrogen-bond acceptors (Lipinski definition) is 2. The summed E-state index contributed by atoms with van der Waals surface area (Å²) in [5.74, 6) is 0.989. The first-order valence-electron chi connectivity index (χ1n) is 5.39. The molecule has 0 radical (unpaired) electrons. The van der Waals surface area contributed by atoms with Crippen molar-refractivity contribution in [3.05, 3.63) is 29.1 Å². The molecule has 3 nitrogen and oxygen atoms in total. The molecule has 15 heavy (non-hydrogen) atoms. The summed E-state index contributed by atoms with van der Waals surface area (Å²) in [5.41, 5.74) is 4.95. The van der Waals surface area contributed by atoms with Crippen molar-refractivity contribution in [2.75, 3.05) is 6.61 Å². The molecule has 1 N–H and O–H groups in total. The zero-order valence-corrected chi connectivity index (χ0v) is 8.84. The second-order valence-electron chi connectivity index (χ2n) is 4.08. The van der Waals surface area contributed by atoms with E-state index in [1.807, 2.05) is 6.92 Å². The Bertz CT molecular complexity index is 502. The van der Waals surface area contributed by atoms with Crippen molar-refractivity contribution >= 4 is 11.0 Å². The maximum atomic E-state index is 5.54. The molecule has 1 aliphatic heterocycles. The summed E-state index contributed by atoms with van der Waals surface area (Å²) in [6, 6.07) is 4.25. The van der Waals surface area contributed by atoms with Gasteiger partial charge >= 0.3 is 0 Å². The van der Waals surface area contributed by atoms with Crippen LogP contribution in [0.15, 0.2) is 12.1 Å². The fourth-order valence-electron chi connectivity index (χ4n) is 2.24. The van der Waals surface area contributed by atoms with Crippen molar-refractivity contribution in [3.8, 4) is 0 Å². The minimum Gasteiger partial charge on any atom is -0.377 e. The smallest absolute Gasteiger partial charge is 0.104 e. The summed E-state index contributed by atoms with van der Waals surface area (Å²) in [7, 11) is 0. The third kappa shape index (κ3) is 1.43. The number of rotatable bonds is 0. The third-order valence-corrected chi connectivity index (χ3v) is 2.95. The SMILES string of the molecule is Cc1nc2c3c(ccc2[nH]1)COCCC3. The molecule has 0 amide bonds. The van der Waals surface area contributed by atoms with E-state index in [0.29, 0.717) is 0 Å². The molecule has 2 aromatic rings. The Labute approximate surface area is 88.5 Å². The average Bonchev–Trinajstić information content (AvgIpc) is 2.48. The standard InChI is InChI=1S/C12H14N2O/c1-8-13-11-5-4-9-7-15-6-2-3-10(9)12(11)14-8/h4-5H,2-3,6-7H2,1H3,(H,13,14). The van der Waals surface area contributed by atoms with Crippen molar-refractivity contribution in [3.63, 3.8) is 0 Å². The Kier molecular flexibility index (Phi) is 1.99. The van der Waals surface area contributed by atoms with Crippen LogP contribution >= 0.6 is 0 Å². The highest BCUT2D eigenvalue weighted by atomic mass is 16.5. The molecule has 0 saturated carbocycles. The van der Waals surface area contributed by atoms with Crippen LogP contribution in [0.25, 0.3) is 11.0 Å². The van der Waals surface area contributed by atoms with E-state index in [-0.39, 0.29) is 0 Å². The summed E-state index contributed by atoms with van der Waals surface area (Å²) < 4.78 is 5.54. The maximum absolute atomic E-state index is 5.54. The molecule has 0 fully saturated rings. The second-order valence-corrected chi connectivity index (χ2v) is 4.08. The predicted octanol–water partition coefficient (Wildman–Crippen LogP) is 2.33. The van der Waals surface area contributed by atoms with Crippen molar-refractivity contribution < 1.29 is 4.74 Å². The van der Waals surface area contributed by atoms with Crippen molar-refractivity contribution in [1.29, 1.82) is 0 Å². The van der Waals surface area contributed by atoms with E-state index < -0.39 is 0 Å². The number of H-pyrrole nitrogens is 1. The van der Waals surface area contributed by atoms with Gasteiger partial charge < -0.3 is 9.72 Å². The highest BCUT2D eigenvalue weighted by molar-refractivity contribution is 5.80. The molecule has 78 valence electrons. The number of aryl methyl sites for hydroxylation is 2. The molecule has 1 aliphatic rings. The highest BCUT2D eigenvalue weighted by Crippen LogP contribution is 2.24. The molecule has 0 unspecified atom stereocenters. The van der Waals surface area contributed by atoms with Gasteiger partial charge in [0.15, 0.2) is 0 Å². The van der Waals surface area contributed by atoms with Gasteiger partial charge in [-0.15, -0.1) is 0 Å². The fraction of sp³-hybridized carbons (Fsp3) is 0.417. The summed E-state index contributed by atoms with van der Waals surface area (Å²) in [5, 5.41) is 0. The van der Waals surface area contributed by atoms with Crippen LogP contribution in [0.2, 0.25) is 0 Å². The molecule has 3 rings (SSSR count). The van der Waals surface area contributed by atoms with E-state index >= 15 is 0 Å². The molecule has 0 atom stereocenters. The Morgan fingerprint density at radius 3 is 3.27 bits per heavy atom. The number of hydrogen-bond donors (Lipinski definition) is 1. The molecule has 0 bridgehead atoms. The average molecular weight is 202 g/mol. The van der Waals surface area contributed by atoms with Crippen LogP contribution < -0.4 is 0 Å². The largest absolute Gasteiger partial charge is 0.377 e. The molecule has 0 spiro atoms. The van der Waals surface area contributed by atoms with E-state index in [1.165, 1.54) is 11.1 Å². The minimum atomic E-state index is 0.733. The number of nitrogens with zero attached hydrogens (tertiary/aromatic N) is 1. The number of benzene rings is 1. The van der Waals surface area contributed by atoms with Gasteiger partial charge in [-0.2, -0.15) is 0 Å². The molecule has 1 aromatic heterocycles. The molecule has 0 aliphatic carbocycles. The van der Waals surface area contributed by atoms with Gasteiger partial charge in [-0.05, 0) is 37.0 Å². The monoisotopic (exact) mass is 202 g/mol. The van der Waals surface area contributed by atoms with Crippen LogP contribution in [-0.2, 0) is 17.8 Å². The van der Waals surface area contributed by atoms with Gasteiger partial charge in [0.05, 0.1) is 17.6 Å². The van der Waals surface area contributed by atoms with Crippen LogP contribution in [-0.4, -0.2) is 16.6 Å². The maximum Gasteiger partial charge on any atom is 0.104 e. The van der Waals surface area contributed by atoms with Crippen molar-refractivity contribution in [2.24, 2.45) is 0 Å². The van der Waals surface area contributed by atoms with Crippen LogP contribution in [0.5, 0.6) is 0 Å². The zero-order valence-electron chi connectivity index (χ0n) is 8.84. The summed E-state index contributed by atoms with van der Waals surface area (Å²) in [6.45, 7) is 3.59.